The molecule has 0 aromatic rings. The van der Waals surface area contributed by atoms with Gasteiger partial charge in [-0.05, 0) is 34.9 Å². The van der Waals surface area contributed by atoms with Crippen LogP contribution in [0.4, 0.5) is 4.79 Å². The molecule has 1 amide bonds. The van der Waals surface area contributed by atoms with Gasteiger partial charge in [-0.1, -0.05) is 0 Å². The predicted octanol–water partition coefficient (Wildman–Crippen LogP) is 0.707. The second kappa shape index (κ2) is 7.28. The second-order valence-electron chi connectivity index (χ2n) is 7.02. The van der Waals surface area contributed by atoms with Crippen molar-refractivity contribution in [3.8, 4) is 0 Å². The van der Waals surface area contributed by atoms with Gasteiger partial charge in [-0.15, -0.1) is 0 Å². The Balaban J connectivity index is 2.84. The smallest absolute Gasteiger partial charge is 0.410 e. The summed E-state index contributed by atoms with van der Waals surface area (Å²) in [5.74, 6) is -0.546. The number of aliphatic hydroxyl groups is 1. The average Bonchev–Trinajstić information content (AvgIpc) is 2.61. The van der Waals surface area contributed by atoms with E-state index in [-0.39, 0.29) is 12.5 Å². The number of esters is 1. The molecule has 1 heterocycles. The summed E-state index contributed by atoms with van der Waals surface area (Å²) in [4.78, 5) is 26.8. The Hall–Kier alpha value is -1.34. The molecule has 128 valence electrons. The maximum Gasteiger partial charge on any atom is 0.410 e. The molecule has 1 aliphatic heterocycles. The van der Waals surface area contributed by atoms with Crippen LogP contribution in [-0.4, -0.2) is 78.5 Å². The summed E-state index contributed by atoms with van der Waals surface area (Å²) >= 11 is 0. The zero-order chi connectivity index (χ0) is 17.1. The van der Waals surface area contributed by atoms with Gasteiger partial charge in [0.2, 0.25) is 0 Å². The van der Waals surface area contributed by atoms with Crippen LogP contribution >= 0.6 is 0 Å². The molecule has 1 aliphatic rings. The molecule has 1 fully saturated rings. The number of hydrogen-bond acceptors (Lipinski definition) is 6. The van der Waals surface area contributed by atoms with Gasteiger partial charge >= 0.3 is 12.1 Å². The fourth-order valence-electron chi connectivity index (χ4n) is 2.55. The average molecular weight is 316 g/mol. The van der Waals surface area contributed by atoms with Crippen molar-refractivity contribution < 1.29 is 24.2 Å². The highest BCUT2D eigenvalue weighted by atomic mass is 16.6. The van der Waals surface area contributed by atoms with Crippen LogP contribution in [0.5, 0.6) is 0 Å². The first-order valence-electron chi connectivity index (χ1n) is 7.47. The van der Waals surface area contributed by atoms with Crippen LogP contribution < -0.4 is 0 Å². The lowest BCUT2D eigenvalue weighted by atomic mass is 10.0. The van der Waals surface area contributed by atoms with Crippen molar-refractivity contribution in [2.24, 2.45) is 5.92 Å². The van der Waals surface area contributed by atoms with Crippen LogP contribution in [0.3, 0.4) is 0 Å². The number of aliphatic hydroxyl groups excluding tert-OH is 1. The number of hydrogen-bond donors (Lipinski definition) is 1. The van der Waals surface area contributed by atoms with E-state index in [9.17, 15) is 14.7 Å². The van der Waals surface area contributed by atoms with Gasteiger partial charge in [0.1, 0.15) is 12.2 Å². The third-order valence-corrected chi connectivity index (χ3v) is 3.39. The molecule has 3 atom stereocenters. The number of carbonyl (C=O) groups is 2. The van der Waals surface area contributed by atoms with Crippen LogP contribution in [0.2, 0.25) is 0 Å². The van der Waals surface area contributed by atoms with Crippen LogP contribution in [0, 0.1) is 5.92 Å². The largest absolute Gasteiger partial charge is 0.464 e. The molecule has 0 aromatic heterocycles. The topological polar surface area (TPSA) is 79.3 Å². The lowest BCUT2D eigenvalue weighted by Gasteiger charge is -2.29. The minimum absolute atomic E-state index is 0.0281. The molecule has 0 radical (unpaired) electrons. The molecule has 0 unspecified atom stereocenters. The van der Waals surface area contributed by atoms with E-state index in [1.54, 1.807) is 20.8 Å². The summed E-state index contributed by atoms with van der Waals surface area (Å²) in [5.41, 5.74) is -0.617. The van der Waals surface area contributed by atoms with Crippen molar-refractivity contribution in [1.82, 2.24) is 9.80 Å². The highest BCUT2D eigenvalue weighted by molar-refractivity contribution is 5.69. The van der Waals surface area contributed by atoms with Crippen LogP contribution in [0.15, 0.2) is 0 Å². The van der Waals surface area contributed by atoms with Crippen molar-refractivity contribution in [2.75, 3.05) is 33.8 Å². The Morgan fingerprint density at radius 3 is 2.36 bits per heavy atom. The molecule has 7 nitrogen and oxygen atoms in total. The molecule has 0 aliphatic carbocycles. The molecule has 1 rings (SSSR count). The highest BCUT2D eigenvalue weighted by Crippen LogP contribution is 2.27. The summed E-state index contributed by atoms with van der Waals surface area (Å²) in [6.45, 7) is 7.65. The van der Waals surface area contributed by atoms with Gasteiger partial charge in [0.15, 0.2) is 0 Å². The molecule has 1 saturated heterocycles. The van der Waals surface area contributed by atoms with Crippen molar-refractivity contribution in [1.29, 1.82) is 0 Å². The zero-order valence-corrected chi connectivity index (χ0v) is 14.3. The summed E-state index contributed by atoms with van der Waals surface area (Å²) in [6.07, 6.45) is -1.25. The van der Waals surface area contributed by atoms with Crippen LogP contribution in [0.25, 0.3) is 0 Å². The van der Waals surface area contributed by atoms with E-state index in [2.05, 4.69) is 0 Å². The monoisotopic (exact) mass is 316 g/mol. The number of rotatable bonds is 4. The predicted molar refractivity (Wildman–Crippen MR) is 81.4 cm³/mol. The number of nitrogens with zero attached hydrogens (tertiary/aromatic N) is 2. The number of amides is 1. The Morgan fingerprint density at radius 2 is 1.91 bits per heavy atom. The van der Waals surface area contributed by atoms with Crippen molar-refractivity contribution in [3.05, 3.63) is 0 Å². The first-order valence-corrected chi connectivity index (χ1v) is 7.47. The van der Waals surface area contributed by atoms with Crippen LogP contribution in [0.1, 0.15) is 27.7 Å². The fourth-order valence-corrected chi connectivity index (χ4v) is 2.55. The number of ether oxygens (including phenoxy) is 2. The maximum absolute atomic E-state index is 12.3. The van der Waals surface area contributed by atoms with Crippen molar-refractivity contribution in [3.63, 3.8) is 0 Å². The van der Waals surface area contributed by atoms with Gasteiger partial charge in [-0.3, -0.25) is 9.69 Å². The second-order valence-corrected chi connectivity index (χ2v) is 7.02. The lowest BCUT2D eigenvalue weighted by Crippen LogP contribution is -2.45. The maximum atomic E-state index is 12.3. The summed E-state index contributed by atoms with van der Waals surface area (Å²) < 4.78 is 10.4. The minimum atomic E-state index is -0.755. The Kier molecular flexibility index (Phi) is 6.19. The van der Waals surface area contributed by atoms with Crippen molar-refractivity contribution >= 4 is 12.1 Å². The Morgan fingerprint density at radius 1 is 1.32 bits per heavy atom. The highest BCUT2D eigenvalue weighted by Gasteiger charge is 2.45. The Bertz CT molecular complexity index is 405. The molecule has 0 bridgehead atoms. The Labute approximate surface area is 132 Å². The normalized spacial score (nSPS) is 25.5. The number of likely N-dealkylation sites (tertiary alicyclic amines) is 1. The van der Waals surface area contributed by atoms with E-state index in [1.807, 2.05) is 19.0 Å². The van der Waals surface area contributed by atoms with Gasteiger partial charge < -0.3 is 19.5 Å². The van der Waals surface area contributed by atoms with E-state index in [0.29, 0.717) is 13.1 Å². The molecule has 22 heavy (non-hydrogen) atoms. The minimum Gasteiger partial charge on any atom is -0.464 e. The molecule has 0 spiro atoms. The standard InChI is InChI=1S/C15H28N2O5/c1-10(18)21-9-12-13(19)11(7-16(5)6)8-17(12)14(20)22-15(2,3)4/h11-13,19H,7-9H2,1-6H3/t11-,12+,13-/m0/s1. The van der Waals surface area contributed by atoms with Gasteiger partial charge in [-0.25, -0.2) is 4.79 Å². The summed E-state index contributed by atoms with van der Waals surface area (Å²) in [5, 5.41) is 10.5. The zero-order valence-electron chi connectivity index (χ0n) is 14.3. The van der Waals surface area contributed by atoms with E-state index >= 15 is 0 Å². The van der Waals surface area contributed by atoms with Gasteiger partial charge in [0.25, 0.3) is 0 Å². The molecule has 1 N–H and O–H groups in total. The third kappa shape index (κ3) is 5.46. The summed E-state index contributed by atoms with van der Waals surface area (Å²) in [6, 6.07) is -0.580. The molecule has 7 heteroatoms. The molecular weight excluding hydrogens is 288 g/mol. The quantitative estimate of drug-likeness (QED) is 0.770. The molecule has 0 saturated carbocycles. The van der Waals surface area contributed by atoms with E-state index < -0.39 is 29.8 Å². The van der Waals surface area contributed by atoms with Crippen LogP contribution in [-0.2, 0) is 14.3 Å². The number of carbonyl (C=O) groups excluding carboxylic acids is 2. The molecular formula is C15H28N2O5. The summed E-state index contributed by atoms with van der Waals surface area (Å²) in [7, 11) is 3.81. The molecule has 0 aromatic carbocycles. The van der Waals surface area contributed by atoms with Gasteiger partial charge in [-0.2, -0.15) is 0 Å². The van der Waals surface area contributed by atoms with Gasteiger partial charge in [0, 0.05) is 25.9 Å². The first kappa shape index (κ1) is 18.7. The first-order chi connectivity index (χ1) is 10.0. The lowest BCUT2D eigenvalue weighted by molar-refractivity contribution is -0.143. The fraction of sp³-hybridized carbons (Fsp3) is 0.867. The van der Waals surface area contributed by atoms with Gasteiger partial charge in [0.05, 0.1) is 12.1 Å². The van der Waals surface area contributed by atoms with E-state index in [1.165, 1.54) is 11.8 Å². The van der Waals surface area contributed by atoms with Crippen molar-refractivity contribution in [2.45, 2.75) is 45.4 Å². The SMILES string of the molecule is CC(=O)OC[C@@H]1[C@@H](O)[C@@H](CN(C)C)CN1C(=O)OC(C)(C)C. The van der Waals surface area contributed by atoms with E-state index in [4.69, 9.17) is 9.47 Å². The third-order valence-electron chi connectivity index (χ3n) is 3.39. The van der Waals surface area contributed by atoms with E-state index in [0.717, 1.165) is 0 Å².